The van der Waals surface area contributed by atoms with Gasteiger partial charge in [0.1, 0.15) is 18.0 Å². The second-order valence-corrected chi connectivity index (χ2v) is 6.97. The molecule has 0 aliphatic carbocycles. The van der Waals surface area contributed by atoms with Gasteiger partial charge in [-0.05, 0) is 29.8 Å². The van der Waals surface area contributed by atoms with Crippen molar-refractivity contribution in [3.05, 3.63) is 71.1 Å². The van der Waals surface area contributed by atoms with E-state index in [0.717, 1.165) is 23.4 Å². The Morgan fingerprint density at radius 1 is 1.10 bits per heavy atom. The quantitative estimate of drug-likeness (QED) is 0.480. The molecule has 148 valence electrons. The van der Waals surface area contributed by atoms with Gasteiger partial charge >= 0.3 is 6.01 Å². The molecule has 0 radical (unpaired) electrons. The molecule has 8 nitrogen and oxygen atoms in total. The summed E-state index contributed by atoms with van der Waals surface area (Å²) in [5, 5.41) is 7.47. The minimum Gasteiger partial charge on any atom is -0.313 e. The average Bonchev–Trinajstić information content (AvgIpc) is 3.46. The summed E-state index contributed by atoms with van der Waals surface area (Å²) in [6.45, 7) is 0. The van der Waals surface area contributed by atoms with E-state index in [1.807, 2.05) is 24.3 Å². The molecule has 11 heteroatoms. The number of aromatic nitrogens is 4. The summed E-state index contributed by atoms with van der Waals surface area (Å²) in [6.07, 6.45) is 2.76. The average molecular weight is 426 g/mol. The Morgan fingerprint density at radius 3 is 2.83 bits per heavy atom. The molecule has 0 bridgehead atoms. The number of hydrogen-bond acceptors (Lipinski definition) is 7. The van der Waals surface area contributed by atoms with E-state index in [4.69, 9.17) is 16.1 Å². The number of benzene rings is 2. The van der Waals surface area contributed by atoms with Crippen molar-refractivity contribution in [2.75, 3.05) is 10.0 Å². The summed E-state index contributed by atoms with van der Waals surface area (Å²) in [5.74, 6) is -0.837. The molecule has 0 amide bonds. The number of hydrogen-bond donors (Lipinski definition) is 0. The Bertz CT molecular complexity index is 1330. The highest BCUT2D eigenvalue weighted by molar-refractivity contribution is 6.29. The van der Waals surface area contributed by atoms with Crippen LogP contribution in [0.1, 0.15) is 11.7 Å². The van der Waals surface area contributed by atoms with Crippen LogP contribution in [0.2, 0.25) is 5.28 Å². The zero-order valence-corrected chi connectivity index (χ0v) is 15.7. The second kappa shape index (κ2) is 6.10. The van der Waals surface area contributed by atoms with E-state index >= 15 is 0 Å². The monoisotopic (exact) mass is 425 g/mol. The summed E-state index contributed by atoms with van der Waals surface area (Å²) >= 11 is 6.33. The predicted molar refractivity (Wildman–Crippen MR) is 104 cm³/mol. The minimum atomic E-state index is -0.785. The molecule has 1 atom stereocenters. The normalized spacial score (nSPS) is 16.6. The molecule has 4 heterocycles. The maximum atomic E-state index is 14.1. The Hall–Kier alpha value is -3.79. The summed E-state index contributed by atoms with van der Waals surface area (Å²) in [4.78, 5) is 13.0. The molecule has 2 aliphatic rings. The number of nitrogens with zero attached hydrogens (tertiary/aromatic N) is 7. The predicted octanol–water partition coefficient (Wildman–Crippen LogP) is 4.14. The van der Waals surface area contributed by atoms with Gasteiger partial charge in [-0.15, -0.1) is 0 Å². The van der Waals surface area contributed by atoms with Gasteiger partial charge in [-0.2, -0.15) is 9.99 Å². The smallest absolute Gasteiger partial charge is 0.313 e. The fourth-order valence-electron chi connectivity index (χ4n) is 3.66. The third-order valence-electron chi connectivity index (χ3n) is 4.96. The van der Waals surface area contributed by atoms with Crippen LogP contribution in [0.5, 0.6) is 0 Å². The van der Waals surface area contributed by atoms with E-state index in [1.165, 1.54) is 12.4 Å². The molecule has 6 rings (SSSR count). The first-order valence-electron chi connectivity index (χ1n) is 8.85. The first-order valence-corrected chi connectivity index (χ1v) is 9.23. The number of anilines is 2. The topological polar surface area (TPSA) is 75.6 Å². The maximum absolute atomic E-state index is 14.1. The number of fused-ring (bicyclic) bond motifs is 6. The van der Waals surface area contributed by atoms with Gasteiger partial charge < -0.3 is 4.52 Å². The molecule has 30 heavy (non-hydrogen) atoms. The fourth-order valence-corrected chi connectivity index (χ4v) is 3.88. The van der Waals surface area contributed by atoms with Gasteiger partial charge in [0.25, 0.3) is 0 Å². The standard InChI is InChI=1S/C19H10ClF2N7O/c20-18-23-8-15-28(18)14-4-2-1-3-12(14)17-24-9-27(29(15)17)19-25-16(26-30-19)11-6-5-10(21)7-13(11)22/h1-9,17H. The van der Waals surface area contributed by atoms with Gasteiger partial charge in [-0.25, -0.2) is 23.8 Å². The Balaban J connectivity index is 1.44. The van der Waals surface area contributed by atoms with Crippen LogP contribution in [-0.4, -0.2) is 26.0 Å². The lowest BCUT2D eigenvalue weighted by Crippen LogP contribution is -2.42. The van der Waals surface area contributed by atoms with Crippen molar-refractivity contribution in [3.63, 3.8) is 0 Å². The third kappa shape index (κ3) is 2.31. The lowest BCUT2D eigenvalue weighted by atomic mass is 10.1. The number of halogens is 3. The van der Waals surface area contributed by atoms with Gasteiger partial charge in [-0.1, -0.05) is 23.4 Å². The van der Waals surface area contributed by atoms with Crippen molar-refractivity contribution in [1.82, 2.24) is 19.7 Å². The highest BCUT2D eigenvalue weighted by Crippen LogP contribution is 2.44. The molecular weight excluding hydrogens is 416 g/mol. The van der Waals surface area contributed by atoms with Crippen LogP contribution < -0.4 is 10.0 Å². The van der Waals surface area contributed by atoms with Crippen molar-refractivity contribution in [2.45, 2.75) is 6.17 Å². The Labute approximate surface area is 172 Å². The summed E-state index contributed by atoms with van der Waals surface area (Å²) in [7, 11) is 0. The maximum Gasteiger partial charge on any atom is 0.349 e. The number of rotatable bonds is 2. The molecule has 2 aromatic heterocycles. The molecule has 2 aliphatic heterocycles. The molecule has 0 N–H and O–H groups in total. The Morgan fingerprint density at radius 2 is 1.97 bits per heavy atom. The number of para-hydroxylation sites is 1. The first kappa shape index (κ1) is 17.1. The molecule has 2 aromatic carbocycles. The lowest BCUT2D eigenvalue weighted by Gasteiger charge is -2.35. The third-order valence-corrected chi connectivity index (χ3v) is 5.22. The lowest BCUT2D eigenvalue weighted by molar-refractivity contribution is 0.420. The number of aliphatic imine (C=N–C) groups is 1. The van der Waals surface area contributed by atoms with Crippen LogP contribution in [0.15, 0.2) is 58.2 Å². The SMILES string of the molecule is Fc1ccc(-c2noc(N3C=NC4c5ccccc5-n5c(cnc5Cl)N43)n2)c(F)c1. The van der Waals surface area contributed by atoms with Crippen LogP contribution in [0, 0.1) is 11.6 Å². The van der Waals surface area contributed by atoms with Crippen LogP contribution in [0.3, 0.4) is 0 Å². The van der Waals surface area contributed by atoms with Gasteiger partial charge in [0.15, 0.2) is 12.0 Å². The van der Waals surface area contributed by atoms with Crippen LogP contribution >= 0.6 is 11.6 Å². The van der Waals surface area contributed by atoms with Crippen molar-refractivity contribution in [3.8, 4) is 17.1 Å². The molecule has 0 saturated carbocycles. The van der Waals surface area contributed by atoms with Gasteiger partial charge in [0.2, 0.25) is 11.1 Å². The second-order valence-electron chi connectivity index (χ2n) is 6.63. The minimum absolute atomic E-state index is 0.0108. The Kier molecular flexibility index (Phi) is 3.48. The number of hydrazine groups is 1. The highest BCUT2D eigenvalue weighted by atomic mass is 35.5. The summed E-state index contributed by atoms with van der Waals surface area (Å²) < 4.78 is 34.5. The number of imidazole rings is 1. The van der Waals surface area contributed by atoms with Crippen LogP contribution in [0.25, 0.3) is 17.1 Å². The molecule has 1 unspecified atom stereocenters. The first-order chi connectivity index (χ1) is 14.6. The summed E-state index contributed by atoms with van der Waals surface area (Å²) in [5.41, 5.74) is 1.80. The van der Waals surface area contributed by atoms with E-state index in [0.29, 0.717) is 11.1 Å². The molecule has 0 spiro atoms. The highest BCUT2D eigenvalue weighted by Gasteiger charge is 2.41. The van der Waals surface area contributed by atoms with Gasteiger partial charge in [0.05, 0.1) is 17.4 Å². The van der Waals surface area contributed by atoms with E-state index in [1.54, 1.807) is 20.8 Å². The van der Waals surface area contributed by atoms with E-state index in [2.05, 4.69) is 20.1 Å². The molecular formula is C19H10ClF2N7O. The summed E-state index contributed by atoms with van der Waals surface area (Å²) in [6, 6.07) is 10.9. The molecule has 4 aromatic rings. The zero-order valence-electron chi connectivity index (χ0n) is 14.9. The van der Waals surface area contributed by atoms with Gasteiger partial charge in [0, 0.05) is 11.6 Å². The van der Waals surface area contributed by atoms with Crippen molar-refractivity contribution < 1.29 is 13.3 Å². The van der Waals surface area contributed by atoms with E-state index in [9.17, 15) is 8.78 Å². The van der Waals surface area contributed by atoms with Crippen molar-refractivity contribution in [1.29, 1.82) is 0 Å². The van der Waals surface area contributed by atoms with Crippen molar-refractivity contribution >= 4 is 29.8 Å². The van der Waals surface area contributed by atoms with Crippen LogP contribution in [-0.2, 0) is 0 Å². The van der Waals surface area contributed by atoms with Crippen molar-refractivity contribution in [2.24, 2.45) is 4.99 Å². The van der Waals surface area contributed by atoms with E-state index in [-0.39, 0.29) is 23.6 Å². The molecule has 0 saturated heterocycles. The van der Waals surface area contributed by atoms with Crippen LogP contribution in [0.4, 0.5) is 20.6 Å². The fraction of sp³-hybridized carbons (Fsp3) is 0.0526. The van der Waals surface area contributed by atoms with Gasteiger partial charge in [-0.3, -0.25) is 4.57 Å². The molecule has 0 fully saturated rings. The van der Waals surface area contributed by atoms with E-state index < -0.39 is 11.6 Å². The zero-order chi connectivity index (χ0) is 20.4. The largest absolute Gasteiger partial charge is 0.349 e.